The normalized spacial score (nSPS) is 10.2. The van der Waals surface area contributed by atoms with E-state index in [1.807, 2.05) is 32.0 Å². The lowest BCUT2D eigenvalue weighted by Crippen LogP contribution is -2.11. The van der Waals surface area contributed by atoms with Gasteiger partial charge in [-0.2, -0.15) is 0 Å². The molecule has 0 saturated carbocycles. The number of carbonyl (C=O) groups excluding carboxylic acids is 1. The van der Waals surface area contributed by atoms with Crippen LogP contribution in [0.2, 0.25) is 0 Å². The van der Waals surface area contributed by atoms with Crippen LogP contribution in [0.25, 0.3) is 0 Å². The summed E-state index contributed by atoms with van der Waals surface area (Å²) in [5, 5.41) is 3.29. The summed E-state index contributed by atoms with van der Waals surface area (Å²) in [6, 6.07) is 9.20. The standard InChI is InChI=1S/C16H19N3O2/c1-3-21-15-7-6-14(10-19-15)18-9-13-5-4-12(16(17)20)8-11(13)2/h4-8,10,18H,3,9H2,1-2H3,(H2,17,20). The van der Waals surface area contributed by atoms with Crippen LogP contribution in [0.5, 0.6) is 5.88 Å². The highest BCUT2D eigenvalue weighted by Crippen LogP contribution is 2.15. The molecule has 1 amide bonds. The van der Waals surface area contributed by atoms with Gasteiger partial charge in [-0.1, -0.05) is 6.07 Å². The van der Waals surface area contributed by atoms with Crippen molar-refractivity contribution in [2.75, 3.05) is 11.9 Å². The van der Waals surface area contributed by atoms with Gasteiger partial charge < -0.3 is 15.8 Å². The number of nitrogens with two attached hydrogens (primary N) is 1. The summed E-state index contributed by atoms with van der Waals surface area (Å²) >= 11 is 0. The van der Waals surface area contributed by atoms with Crippen LogP contribution in [0.4, 0.5) is 5.69 Å². The zero-order valence-electron chi connectivity index (χ0n) is 12.2. The molecule has 0 radical (unpaired) electrons. The molecule has 1 aromatic heterocycles. The number of aryl methyl sites for hydroxylation is 1. The molecule has 0 fully saturated rings. The SMILES string of the molecule is CCOc1ccc(NCc2ccc(C(N)=O)cc2C)cn1. The number of benzene rings is 1. The Kier molecular flexibility index (Phi) is 4.77. The number of primary amides is 1. The molecule has 1 aromatic carbocycles. The number of pyridine rings is 1. The first-order chi connectivity index (χ1) is 10.1. The summed E-state index contributed by atoms with van der Waals surface area (Å²) in [4.78, 5) is 15.3. The van der Waals surface area contributed by atoms with Crippen molar-refractivity contribution in [2.45, 2.75) is 20.4 Å². The van der Waals surface area contributed by atoms with Crippen molar-refractivity contribution >= 4 is 11.6 Å². The van der Waals surface area contributed by atoms with E-state index in [1.54, 1.807) is 18.3 Å². The van der Waals surface area contributed by atoms with Gasteiger partial charge in [0, 0.05) is 18.2 Å². The minimum absolute atomic E-state index is 0.409. The van der Waals surface area contributed by atoms with E-state index in [4.69, 9.17) is 10.5 Å². The van der Waals surface area contributed by atoms with Crippen molar-refractivity contribution < 1.29 is 9.53 Å². The lowest BCUT2D eigenvalue weighted by molar-refractivity contribution is 0.1000. The van der Waals surface area contributed by atoms with E-state index in [-0.39, 0.29) is 0 Å². The van der Waals surface area contributed by atoms with Gasteiger partial charge >= 0.3 is 0 Å². The number of nitrogens with zero attached hydrogens (tertiary/aromatic N) is 1. The molecular formula is C16H19N3O2. The first kappa shape index (κ1) is 14.8. The summed E-state index contributed by atoms with van der Waals surface area (Å²) in [6.07, 6.45) is 1.73. The van der Waals surface area contributed by atoms with Crippen LogP contribution in [0, 0.1) is 6.92 Å². The lowest BCUT2D eigenvalue weighted by atomic mass is 10.0. The second-order valence-electron chi connectivity index (χ2n) is 4.68. The Morgan fingerprint density at radius 2 is 2.14 bits per heavy atom. The zero-order chi connectivity index (χ0) is 15.2. The van der Waals surface area contributed by atoms with Crippen LogP contribution in [0.3, 0.4) is 0 Å². The van der Waals surface area contributed by atoms with Crippen molar-refractivity contribution in [3.8, 4) is 5.88 Å². The maximum absolute atomic E-state index is 11.1. The number of rotatable bonds is 6. The van der Waals surface area contributed by atoms with Gasteiger partial charge in [0.15, 0.2) is 0 Å². The quantitative estimate of drug-likeness (QED) is 0.855. The maximum atomic E-state index is 11.1. The molecule has 1 heterocycles. The third kappa shape index (κ3) is 3.95. The van der Waals surface area contributed by atoms with Crippen LogP contribution < -0.4 is 15.8 Å². The zero-order valence-corrected chi connectivity index (χ0v) is 12.2. The molecule has 0 spiro atoms. The molecular weight excluding hydrogens is 266 g/mol. The fourth-order valence-corrected chi connectivity index (χ4v) is 1.96. The third-order valence-electron chi connectivity index (χ3n) is 3.14. The predicted molar refractivity (Wildman–Crippen MR) is 82.4 cm³/mol. The van der Waals surface area contributed by atoms with Crippen LogP contribution in [0.1, 0.15) is 28.4 Å². The highest BCUT2D eigenvalue weighted by Gasteiger charge is 2.04. The highest BCUT2D eigenvalue weighted by atomic mass is 16.5. The van der Waals surface area contributed by atoms with Crippen molar-refractivity contribution in [1.82, 2.24) is 4.98 Å². The molecule has 0 unspecified atom stereocenters. The summed E-state index contributed by atoms with van der Waals surface area (Å²) in [6.45, 7) is 5.14. The van der Waals surface area contributed by atoms with Gasteiger partial charge in [0.25, 0.3) is 0 Å². The number of nitrogens with one attached hydrogen (secondary N) is 1. The number of hydrogen-bond donors (Lipinski definition) is 2. The minimum atomic E-state index is -0.409. The smallest absolute Gasteiger partial charge is 0.248 e. The van der Waals surface area contributed by atoms with Crippen molar-refractivity contribution in [1.29, 1.82) is 0 Å². The van der Waals surface area contributed by atoms with E-state index in [2.05, 4.69) is 10.3 Å². The maximum Gasteiger partial charge on any atom is 0.248 e. The van der Waals surface area contributed by atoms with E-state index < -0.39 is 5.91 Å². The molecule has 0 aliphatic carbocycles. The monoisotopic (exact) mass is 285 g/mol. The number of aromatic nitrogens is 1. The first-order valence-corrected chi connectivity index (χ1v) is 6.82. The summed E-state index contributed by atoms with van der Waals surface area (Å²) in [5.41, 5.74) is 8.83. The molecule has 5 nitrogen and oxygen atoms in total. The highest BCUT2D eigenvalue weighted by molar-refractivity contribution is 5.93. The first-order valence-electron chi connectivity index (χ1n) is 6.82. The van der Waals surface area contributed by atoms with E-state index in [1.165, 1.54) is 0 Å². The number of hydrogen-bond acceptors (Lipinski definition) is 4. The van der Waals surface area contributed by atoms with Crippen molar-refractivity contribution in [3.05, 3.63) is 53.2 Å². The van der Waals surface area contributed by atoms with Gasteiger partial charge in [-0.3, -0.25) is 4.79 Å². The van der Waals surface area contributed by atoms with Crippen LogP contribution in [0.15, 0.2) is 36.5 Å². The largest absolute Gasteiger partial charge is 0.478 e. The Morgan fingerprint density at radius 1 is 1.33 bits per heavy atom. The molecule has 0 saturated heterocycles. The van der Waals surface area contributed by atoms with Crippen molar-refractivity contribution in [2.24, 2.45) is 5.73 Å². The summed E-state index contributed by atoms with van der Waals surface area (Å²) in [5.74, 6) is 0.207. The number of anilines is 1. The number of carbonyl (C=O) groups is 1. The van der Waals surface area contributed by atoms with Gasteiger partial charge in [0.1, 0.15) is 0 Å². The molecule has 3 N–H and O–H groups in total. The second kappa shape index (κ2) is 6.74. The molecule has 0 atom stereocenters. The Hall–Kier alpha value is -2.56. The van der Waals surface area contributed by atoms with E-state index >= 15 is 0 Å². The van der Waals surface area contributed by atoms with E-state index in [0.29, 0.717) is 24.6 Å². The molecule has 5 heteroatoms. The Bertz CT molecular complexity index is 624. The average molecular weight is 285 g/mol. The summed E-state index contributed by atoms with van der Waals surface area (Å²) < 4.78 is 5.30. The van der Waals surface area contributed by atoms with Gasteiger partial charge in [-0.05, 0) is 43.2 Å². The molecule has 0 aliphatic rings. The lowest BCUT2D eigenvalue weighted by Gasteiger charge is -2.10. The minimum Gasteiger partial charge on any atom is -0.478 e. The average Bonchev–Trinajstić information content (AvgIpc) is 2.47. The van der Waals surface area contributed by atoms with E-state index in [9.17, 15) is 4.79 Å². The molecule has 0 aliphatic heterocycles. The van der Waals surface area contributed by atoms with Crippen LogP contribution in [-0.4, -0.2) is 17.5 Å². The Balaban J connectivity index is 2.01. The number of ether oxygens (including phenoxy) is 1. The molecule has 2 rings (SSSR count). The Morgan fingerprint density at radius 3 is 2.71 bits per heavy atom. The topological polar surface area (TPSA) is 77.2 Å². The fraction of sp³-hybridized carbons (Fsp3) is 0.250. The second-order valence-corrected chi connectivity index (χ2v) is 4.68. The molecule has 21 heavy (non-hydrogen) atoms. The summed E-state index contributed by atoms with van der Waals surface area (Å²) in [7, 11) is 0. The Labute approximate surface area is 124 Å². The molecule has 110 valence electrons. The van der Waals surface area contributed by atoms with Gasteiger partial charge in [-0.25, -0.2) is 4.98 Å². The van der Waals surface area contributed by atoms with Gasteiger partial charge in [0.2, 0.25) is 11.8 Å². The molecule has 2 aromatic rings. The van der Waals surface area contributed by atoms with Crippen LogP contribution >= 0.6 is 0 Å². The number of amides is 1. The van der Waals surface area contributed by atoms with Gasteiger partial charge in [-0.15, -0.1) is 0 Å². The van der Waals surface area contributed by atoms with E-state index in [0.717, 1.165) is 16.8 Å². The molecule has 0 bridgehead atoms. The van der Waals surface area contributed by atoms with Gasteiger partial charge in [0.05, 0.1) is 18.5 Å². The fourth-order valence-electron chi connectivity index (χ4n) is 1.96. The van der Waals surface area contributed by atoms with Crippen molar-refractivity contribution in [3.63, 3.8) is 0 Å². The van der Waals surface area contributed by atoms with Crippen LogP contribution in [-0.2, 0) is 6.54 Å². The third-order valence-corrected chi connectivity index (χ3v) is 3.14. The predicted octanol–water partition coefficient (Wildman–Crippen LogP) is 2.50.